The summed E-state index contributed by atoms with van der Waals surface area (Å²) in [6, 6.07) is 0. The van der Waals surface area contributed by atoms with Gasteiger partial charge in [-0.2, -0.15) is 0 Å². The lowest BCUT2D eigenvalue weighted by molar-refractivity contribution is 0.624. The second-order valence-corrected chi connectivity index (χ2v) is 2.41. The average Bonchev–Trinajstić information content (AvgIpc) is 2.19. The number of hydrogen-bond donors (Lipinski definition) is 0. The van der Waals surface area contributed by atoms with E-state index in [4.69, 9.17) is 0 Å². The highest BCUT2D eigenvalue weighted by molar-refractivity contribution is 4.39. The Morgan fingerprint density at radius 1 is 0.500 bits per heavy atom. The minimum atomic E-state index is 1.36. The first kappa shape index (κ1) is 17.9. The Labute approximate surface area is 80.8 Å². The third-order valence-electron chi connectivity index (χ3n) is 1.46. The fourth-order valence-electron chi connectivity index (χ4n) is 0.854. The van der Waals surface area contributed by atoms with Crippen LogP contribution in [0.4, 0.5) is 0 Å². The molecule has 0 aliphatic heterocycles. The molecule has 12 heavy (non-hydrogen) atoms. The Bertz CT molecular complexity index is 25.0. The molecule has 0 heteroatoms. The summed E-state index contributed by atoms with van der Waals surface area (Å²) in [4.78, 5) is 0. The fraction of sp³-hybridized carbons (Fsp3) is 1.00. The van der Waals surface area contributed by atoms with Crippen LogP contribution in [-0.2, 0) is 0 Å². The summed E-state index contributed by atoms with van der Waals surface area (Å²) in [7, 11) is 0. The maximum atomic E-state index is 2.26. The molecule has 0 unspecified atom stereocenters. The lowest BCUT2D eigenvalue weighted by atomic mass is 10.1. The van der Waals surface area contributed by atoms with Gasteiger partial charge in [0.05, 0.1) is 0 Å². The summed E-state index contributed by atoms with van der Waals surface area (Å²) in [5.41, 5.74) is 0. The van der Waals surface area contributed by atoms with E-state index in [1.807, 2.05) is 27.7 Å². The van der Waals surface area contributed by atoms with Gasteiger partial charge in [-0.3, -0.25) is 0 Å². The third-order valence-corrected chi connectivity index (χ3v) is 1.46. The third kappa shape index (κ3) is 32.4. The largest absolute Gasteiger partial charge is 0.0683 e. The topological polar surface area (TPSA) is 0 Å². The number of unbranched alkanes of at least 4 members (excludes halogenated alkanes) is 5. The zero-order valence-electron chi connectivity index (χ0n) is 10.2. The highest BCUT2D eigenvalue weighted by atomic mass is 13.9. The molecule has 0 heterocycles. The molecule has 78 valence electrons. The van der Waals surface area contributed by atoms with Crippen molar-refractivity contribution in [1.82, 2.24) is 0 Å². The van der Waals surface area contributed by atoms with Crippen molar-refractivity contribution < 1.29 is 0 Å². The van der Waals surface area contributed by atoms with E-state index in [1.165, 1.54) is 38.5 Å². The summed E-state index contributed by atoms with van der Waals surface area (Å²) in [5.74, 6) is 0. The van der Waals surface area contributed by atoms with E-state index in [0.29, 0.717) is 0 Å². The molecule has 0 aromatic heterocycles. The first-order valence-corrected chi connectivity index (χ1v) is 5.91. The van der Waals surface area contributed by atoms with Gasteiger partial charge in [0.15, 0.2) is 0 Å². The van der Waals surface area contributed by atoms with Crippen LogP contribution in [0.15, 0.2) is 0 Å². The Morgan fingerprint density at radius 3 is 0.917 bits per heavy atom. The zero-order chi connectivity index (χ0) is 10.2. The molecule has 0 aliphatic carbocycles. The second kappa shape index (κ2) is 30.6. The van der Waals surface area contributed by atoms with E-state index < -0.39 is 0 Å². The van der Waals surface area contributed by atoms with Gasteiger partial charge in [0.1, 0.15) is 0 Å². The molecule has 0 saturated carbocycles. The van der Waals surface area contributed by atoms with Crippen molar-refractivity contribution in [1.29, 1.82) is 0 Å². The summed E-state index contributed by atoms with van der Waals surface area (Å²) in [6.07, 6.45) is 8.49. The molecule has 0 bridgehead atoms. The van der Waals surface area contributed by atoms with Gasteiger partial charge < -0.3 is 0 Å². The van der Waals surface area contributed by atoms with Crippen LogP contribution in [0.5, 0.6) is 0 Å². The molecule has 0 rings (SSSR count). The molecule has 0 N–H and O–H groups in total. The smallest absolute Gasteiger partial charge is 0.0533 e. The van der Waals surface area contributed by atoms with Gasteiger partial charge in [0, 0.05) is 0 Å². The lowest BCUT2D eigenvalue weighted by Gasteiger charge is -1.93. The summed E-state index contributed by atoms with van der Waals surface area (Å²) < 4.78 is 0. The monoisotopic (exact) mass is 174 g/mol. The molecule has 0 saturated heterocycles. The average molecular weight is 174 g/mol. The summed E-state index contributed by atoms with van der Waals surface area (Å²) in [5, 5.41) is 0. The van der Waals surface area contributed by atoms with Gasteiger partial charge >= 0.3 is 0 Å². The van der Waals surface area contributed by atoms with Crippen molar-refractivity contribution in [3.05, 3.63) is 0 Å². The van der Waals surface area contributed by atoms with E-state index in [9.17, 15) is 0 Å². The minimum Gasteiger partial charge on any atom is -0.0683 e. The maximum absolute atomic E-state index is 2.26. The number of hydrogen-bond acceptors (Lipinski definition) is 0. The van der Waals surface area contributed by atoms with Crippen LogP contribution in [0.3, 0.4) is 0 Å². The SMILES string of the molecule is CC.CC.CCCCCCCC. The molecule has 0 spiro atoms. The molecule has 0 aliphatic rings. The Morgan fingerprint density at radius 2 is 0.750 bits per heavy atom. The van der Waals surface area contributed by atoms with E-state index >= 15 is 0 Å². The zero-order valence-corrected chi connectivity index (χ0v) is 10.2. The second-order valence-electron chi connectivity index (χ2n) is 2.41. The highest BCUT2D eigenvalue weighted by Crippen LogP contribution is 2.03. The van der Waals surface area contributed by atoms with Gasteiger partial charge in [0.25, 0.3) is 0 Å². The molecule has 0 amide bonds. The van der Waals surface area contributed by atoms with Gasteiger partial charge in [-0.1, -0.05) is 80.1 Å². The van der Waals surface area contributed by atoms with E-state index in [2.05, 4.69) is 13.8 Å². The van der Waals surface area contributed by atoms with Crippen molar-refractivity contribution in [2.45, 2.75) is 80.1 Å². The molecule has 0 aromatic rings. The molecular formula is C12H30. The van der Waals surface area contributed by atoms with Gasteiger partial charge in [-0.25, -0.2) is 0 Å². The molecule has 0 fully saturated rings. The first-order chi connectivity index (χ1) is 5.91. The standard InChI is InChI=1S/C8H18.2C2H6/c1-3-5-7-8-6-4-2;2*1-2/h3-8H2,1-2H3;2*1-2H3. The van der Waals surface area contributed by atoms with Gasteiger partial charge in [0.2, 0.25) is 0 Å². The van der Waals surface area contributed by atoms with Gasteiger partial charge in [-0.05, 0) is 0 Å². The highest BCUT2D eigenvalue weighted by Gasteiger charge is 1.83. The molecular weight excluding hydrogens is 144 g/mol. The van der Waals surface area contributed by atoms with E-state index in [-0.39, 0.29) is 0 Å². The normalized spacial score (nSPS) is 7.50. The number of rotatable bonds is 5. The molecule has 0 aromatic carbocycles. The van der Waals surface area contributed by atoms with Gasteiger partial charge in [-0.15, -0.1) is 0 Å². The molecule has 0 atom stereocenters. The van der Waals surface area contributed by atoms with Crippen LogP contribution in [0, 0.1) is 0 Å². The van der Waals surface area contributed by atoms with E-state index in [0.717, 1.165) is 0 Å². The van der Waals surface area contributed by atoms with Crippen molar-refractivity contribution in [3.8, 4) is 0 Å². The quantitative estimate of drug-likeness (QED) is 0.488. The Balaban J connectivity index is -0.000000175. The predicted octanol–water partition coefficient (Wildman–Crippen LogP) is 5.42. The summed E-state index contributed by atoms with van der Waals surface area (Å²) >= 11 is 0. The molecule has 0 nitrogen and oxygen atoms in total. The van der Waals surface area contributed by atoms with Crippen LogP contribution in [-0.4, -0.2) is 0 Å². The summed E-state index contributed by atoms with van der Waals surface area (Å²) in [6.45, 7) is 12.5. The van der Waals surface area contributed by atoms with Crippen LogP contribution in [0.2, 0.25) is 0 Å². The first-order valence-electron chi connectivity index (χ1n) is 5.91. The fourth-order valence-corrected chi connectivity index (χ4v) is 0.854. The van der Waals surface area contributed by atoms with Crippen LogP contribution in [0.25, 0.3) is 0 Å². The minimum absolute atomic E-state index is 1.36. The van der Waals surface area contributed by atoms with Crippen LogP contribution < -0.4 is 0 Å². The van der Waals surface area contributed by atoms with Crippen LogP contribution >= 0.6 is 0 Å². The predicted molar refractivity (Wildman–Crippen MR) is 61.7 cm³/mol. The Kier molecular flexibility index (Phi) is 45.6. The maximum Gasteiger partial charge on any atom is -0.0533 e. The lowest BCUT2D eigenvalue weighted by Crippen LogP contribution is -1.73. The van der Waals surface area contributed by atoms with Crippen molar-refractivity contribution in [3.63, 3.8) is 0 Å². The van der Waals surface area contributed by atoms with E-state index in [1.54, 1.807) is 0 Å². The van der Waals surface area contributed by atoms with Crippen molar-refractivity contribution in [2.24, 2.45) is 0 Å². The molecule has 0 radical (unpaired) electrons. The van der Waals surface area contributed by atoms with Crippen molar-refractivity contribution in [2.75, 3.05) is 0 Å². The van der Waals surface area contributed by atoms with Crippen molar-refractivity contribution >= 4 is 0 Å². The van der Waals surface area contributed by atoms with Crippen LogP contribution in [0.1, 0.15) is 80.1 Å². The Hall–Kier alpha value is 0.